The van der Waals surface area contributed by atoms with Gasteiger partial charge in [-0.3, -0.25) is 10.3 Å². The number of aryl methyl sites for hydroxylation is 1. The molecule has 100 valence electrons. The predicted molar refractivity (Wildman–Crippen MR) is 73.3 cm³/mol. The first-order valence-corrected chi connectivity index (χ1v) is 6.52. The second-order valence-corrected chi connectivity index (χ2v) is 4.68. The number of anilines is 2. The van der Waals surface area contributed by atoms with Crippen LogP contribution in [0.25, 0.3) is 0 Å². The van der Waals surface area contributed by atoms with Gasteiger partial charge in [0.2, 0.25) is 5.95 Å². The molecule has 6 heteroatoms. The van der Waals surface area contributed by atoms with Crippen molar-refractivity contribution in [3.05, 3.63) is 11.8 Å². The third kappa shape index (κ3) is 2.88. The maximum Gasteiger partial charge on any atom is 0.239 e. The van der Waals surface area contributed by atoms with Gasteiger partial charge in [-0.05, 0) is 32.9 Å². The number of hydrogen-bond acceptors (Lipinski definition) is 6. The highest BCUT2D eigenvalue weighted by Gasteiger charge is 2.22. The van der Waals surface area contributed by atoms with E-state index in [1.807, 2.05) is 6.92 Å². The number of hydrogen-bond donors (Lipinski definition) is 3. The molecule has 0 amide bonds. The predicted octanol–water partition coefficient (Wildman–Crippen LogP) is 0.967. The third-order valence-electron chi connectivity index (χ3n) is 3.51. The quantitative estimate of drug-likeness (QED) is 0.534. The smallest absolute Gasteiger partial charge is 0.239 e. The second kappa shape index (κ2) is 5.97. The van der Waals surface area contributed by atoms with Gasteiger partial charge in [0.15, 0.2) is 0 Å². The molecule has 0 spiro atoms. The summed E-state index contributed by atoms with van der Waals surface area (Å²) in [5.41, 5.74) is 3.51. The van der Waals surface area contributed by atoms with Crippen LogP contribution >= 0.6 is 0 Å². The van der Waals surface area contributed by atoms with Gasteiger partial charge in [-0.2, -0.15) is 4.98 Å². The molecule has 6 nitrogen and oxygen atoms in total. The highest BCUT2D eigenvalue weighted by atomic mass is 15.3. The molecule has 1 aromatic rings. The van der Waals surface area contributed by atoms with Crippen LogP contribution in [0.5, 0.6) is 0 Å². The number of likely N-dealkylation sites (N-methyl/N-ethyl adjacent to an activating group) is 1. The summed E-state index contributed by atoms with van der Waals surface area (Å²) in [6, 6.07) is 0.610. The SMILES string of the molecule is CCN1CCCC1CNc1nc(NN)ncc1C. The van der Waals surface area contributed by atoms with E-state index < -0.39 is 0 Å². The van der Waals surface area contributed by atoms with E-state index in [-0.39, 0.29) is 0 Å². The Balaban J connectivity index is 1.97. The number of nitrogens with one attached hydrogen (secondary N) is 2. The van der Waals surface area contributed by atoms with Gasteiger partial charge < -0.3 is 5.32 Å². The number of nitrogens with zero attached hydrogens (tertiary/aromatic N) is 3. The zero-order valence-corrected chi connectivity index (χ0v) is 11.1. The molecule has 0 radical (unpaired) electrons. The number of aromatic nitrogens is 2. The Hall–Kier alpha value is -1.40. The Labute approximate surface area is 108 Å². The highest BCUT2D eigenvalue weighted by molar-refractivity contribution is 5.46. The summed E-state index contributed by atoms with van der Waals surface area (Å²) in [6.45, 7) is 7.46. The van der Waals surface area contributed by atoms with Crippen molar-refractivity contribution in [2.75, 3.05) is 30.4 Å². The Kier molecular flexibility index (Phi) is 4.33. The molecular weight excluding hydrogens is 228 g/mol. The average Bonchev–Trinajstić information content (AvgIpc) is 2.85. The molecule has 1 fully saturated rings. The van der Waals surface area contributed by atoms with E-state index >= 15 is 0 Å². The summed E-state index contributed by atoms with van der Waals surface area (Å²) in [5.74, 6) is 6.63. The van der Waals surface area contributed by atoms with E-state index in [4.69, 9.17) is 5.84 Å². The lowest BCUT2D eigenvalue weighted by molar-refractivity contribution is 0.277. The topological polar surface area (TPSA) is 79.1 Å². The highest BCUT2D eigenvalue weighted by Crippen LogP contribution is 2.18. The molecule has 0 aromatic carbocycles. The molecule has 1 atom stereocenters. The van der Waals surface area contributed by atoms with E-state index in [1.54, 1.807) is 6.20 Å². The molecule has 2 rings (SSSR count). The molecule has 4 N–H and O–H groups in total. The first-order chi connectivity index (χ1) is 8.74. The Morgan fingerprint density at radius 2 is 2.39 bits per heavy atom. The zero-order valence-electron chi connectivity index (χ0n) is 11.1. The van der Waals surface area contributed by atoms with Gasteiger partial charge in [-0.15, -0.1) is 0 Å². The van der Waals surface area contributed by atoms with E-state index in [1.165, 1.54) is 19.4 Å². The van der Waals surface area contributed by atoms with Crippen molar-refractivity contribution in [1.82, 2.24) is 14.9 Å². The summed E-state index contributed by atoms with van der Waals surface area (Å²) in [5, 5.41) is 3.41. The molecular formula is C12H22N6. The molecule has 0 aliphatic carbocycles. The van der Waals surface area contributed by atoms with Crippen molar-refractivity contribution in [3.63, 3.8) is 0 Å². The molecule has 0 bridgehead atoms. The molecule has 1 saturated heterocycles. The summed E-state index contributed by atoms with van der Waals surface area (Å²) in [4.78, 5) is 10.9. The van der Waals surface area contributed by atoms with Gasteiger partial charge in [-0.25, -0.2) is 10.8 Å². The fraction of sp³-hybridized carbons (Fsp3) is 0.667. The van der Waals surface area contributed by atoms with Crippen LogP contribution in [0.4, 0.5) is 11.8 Å². The first-order valence-electron chi connectivity index (χ1n) is 6.52. The Morgan fingerprint density at radius 3 is 3.11 bits per heavy atom. The second-order valence-electron chi connectivity index (χ2n) is 4.68. The minimum Gasteiger partial charge on any atom is -0.368 e. The van der Waals surface area contributed by atoms with Gasteiger partial charge in [0.05, 0.1) is 0 Å². The molecule has 18 heavy (non-hydrogen) atoms. The van der Waals surface area contributed by atoms with Gasteiger partial charge >= 0.3 is 0 Å². The van der Waals surface area contributed by atoms with Crippen molar-refractivity contribution in [2.45, 2.75) is 32.7 Å². The van der Waals surface area contributed by atoms with Crippen LogP contribution < -0.4 is 16.6 Å². The number of hydrazine groups is 1. The Morgan fingerprint density at radius 1 is 1.56 bits per heavy atom. The van der Waals surface area contributed by atoms with Crippen LogP contribution in [0.3, 0.4) is 0 Å². The molecule has 1 aromatic heterocycles. The van der Waals surface area contributed by atoms with Crippen molar-refractivity contribution in [1.29, 1.82) is 0 Å². The summed E-state index contributed by atoms with van der Waals surface area (Å²) >= 11 is 0. The van der Waals surface area contributed by atoms with Crippen molar-refractivity contribution in [2.24, 2.45) is 5.84 Å². The van der Waals surface area contributed by atoms with Crippen LogP contribution in [0.1, 0.15) is 25.3 Å². The van der Waals surface area contributed by atoms with Gasteiger partial charge in [0.1, 0.15) is 5.82 Å². The van der Waals surface area contributed by atoms with Crippen molar-refractivity contribution < 1.29 is 0 Å². The number of likely N-dealkylation sites (tertiary alicyclic amines) is 1. The van der Waals surface area contributed by atoms with E-state index in [2.05, 4.69) is 32.5 Å². The van der Waals surface area contributed by atoms with Crippen LogP contribution in [0.2, 0.25) is 0 Å². The van der Waals surface area contributed by atoms with Crippen molar-refractivity contribution >= 4 is 11.8 Å². The number of nitrogen functional groups attached to an aromatic ring is 1. The van der Waals surface area contributed by atoms with Gasteiger partial charge in [0, 0.05) is 24.3 Å². The van der Waals surface area contributed by atoms with E-state index in [9.17, 15) is 0 Å². The van der Waals surface area contributed by atoms with Crippen LogP contribution in [-0.2, 0) is 0 Å². The molecule has 1 aliphatic rings. The van der Waals surface area contributed by atoms with Gasteiger partial charge in [0.25, 0.3) is 0 Å². The fourth-order valence-corrected chi connectivity index (χ4v) is 2.45. The maximum atomic E-state index is 5.32. The molecule has 1 aliphatic heterocycles. The standard InChI is InChI=1S/C12H22N6/c1-3-18-6-4-5-10(18)8-14-11-9(2)7-15-12(16-11)17-13/h7,10H,3-6,8,13H2,1-2H3,(H2,14,15,16,17). The van der Waals surface area contributed by atoms with Crippen LogP contribution in [0, 0.1) is 6.92 Å². The minimum absolute atomic E-state index is 0.446. The largest absolute Gasteiger partial charge is 0.368 e. The number of rotatable bonds is 5. The van der Waals surface area contributed by atoms with Gasteiger partial charge in [-0.1, -0.05) is 6.92 Å². The molecule has 0 saturated carbocycles. The molecule has 1 unspecified atom stereocenters. The lowest BCUT2D eigenvalue weighted by Gasteiger charge is -2.23. The third-order valence-corrected chi connectivity index (χ3v) is 3.51. The fourth-order valence-electron chi connectivity index (χ4n) is 2.45. The first kappa shape index (κ1) is 13.0. The van der Waals surface area contributed by atoms with Crippen molar-refractivity contribution in [3.8, 4) is 0 Å². The zero-order chi connectivity index (χ0) is 13.0. The lowest BCUT2D eigenvalue weighted by Crippen LogP contribution is -2.35. The van der Waals surface area contributed by atoms with Crippen LogP contribution in [0.15, 0.2) is 6.20 Å². The monoisotopic (exact) mass is 250 g/mol. The molecule has 2 heterocycles. The summed E-state index contributed by atoms with van der Waals surface area (Å²) in [7, 11) is 0. The maximum absolute atomic E-state index is 5.32. The van der Waals surface area contributed by atoms with E-state index in [0.717, 1.165) is 24.5 Å². The normalized spacial score (nSPS) is 20.1. The lowest BCUT2D eigenvalue weighted by atomic mass is 10.2. The average molecular weight is 250 g/mol. The number of nitrogens with two attached hydrogens (primary N) is 1. The summed E-state index contributed by atoms with van der Waals surface area (Å²) in [6.07, 6.45) is 4.32. The van der Waals surface area contributed by atoms with Crippen LogP contribution in [-0.4, -0.2) is 40.5 Å². The Bertz CT molecular complexity index is 394. The minimum atomic E-state index is 0.446. The van der Waals surface area contributed by atoms with E-state index in [0.29, 0.717) is 12.0 Å². The summed E-state index contributed by atoms with van der Waals surface area (Å²) < 4.78 is 0.